The fraction of sp³-hybridized carbons (Fsp3) is 0.556. The zero-order valence-corrected chi connectivity index (χ0v) is 16.5. The maximum Gasteiger partial charge on any atom is 0.233 e. The van der Waals surface area contributed by atoms with E-state index >= 15 is 0 Å². The Hall–Kier alpha value is -2.29. The normalized spacial score (nSPS) is 17.0. The first-order chi connectivity index (χ1) is 12.9. The molecule has 1 fully saturated rings. The first kappa shape index (κ1) is 18.1. The predicted molar refractivity (Wildman–Crippen MR) is 100 cm³/mol. The molecule has 2 aliphatic rings. The van der Waals surface area contributed by atoms with Crippen LogP contribution in [0.5, 0.6) is 11.5 Å². The minimum atomic E-state index is -0.277. The number of nitrogens with one attached hydrogen (secondary N) is 1. The molecule has 144 valence electrons. The van der Waals surface area contributed by atoms with Crippen molar-refractivity contribution in [2.24, 2.45) is 0 Å². The third-order valence-electron chi connectivity index (χ3n) is 4.87. The molecular weight excluding hydrogens is 366 g/mol. The quantitative estimate of drug-likeness (QED) is 0.727. The molecule has 1 aromatic heterocycles. The molecule has 1 aromatic carbocycles. The molecule has 4 rings (SSSR count). The average molecular weight is 389 g/mol. The van der Waals surface area contributed by atoms with Gasteiger partial charge in [0.1, 0.15) is 0 Å². The molecule has 1 aliphatic heterocycles. The fourth-order valence-electron chi connectivity index (χ4n) is 2.89. The number of fused-ring (bicyclic) bond motifs is 1. The van der Waals surface area contributed by atoms with Crippen molar-refractivity contribution in [1.82, 2.24) is 25.5 Å². The number of amides is 1. The van der Waals surface area contributed by atoms with Gasteiger partial charge in [-0.1, -0.05) is 31.7 Å². The van der Waals surface area contributed by atoms with Gasteiger partial charge in [0.05, 0.1) is 11.3 Å². The minimum absolute atomic E-state index is 0.0286. The van der Waals surface area contributed by atoms with Crippen LogP contribution in [0, 0.1) is 0 Å². The van der Waals surface area contributed by atoms with Gasteiger partial charge in [0.2, 0.25) is 17.9 Å². The Morgan fingerprint density at radius 3 is 2.93 bits per heavy atom. The second-order valence-electron chi connectivity index (χ2n) is 7.57. The molecule has 9 heteroatoms. The molecule has 1 aliphatic carbocycles. The highest BCUT2D eigenvalue weighted by Gasteiger charge is 2.30. The number of aromatic nitrogens is 4. The predicted octanol–water partition coefficient (Wildman–Crippen LogP) is 2.31. The zero-order valence-electron chi connectivity index (χ0n) is 15.6. The summed E-state index contributed by atoms with van der Waals surface area (Å²) in [6, 6.07) is 6.30. The van der Waals surface area contributed by atoms with E-state index in [-0.39, 0.29) is 23.4 Å². The van der Waals surface area contributed by atoms with Crippen molar-refractivity contribution in [2.45, 2.75) is 55.5 Å². The third-order valence-corrected chi connectivity index (χ3v) is 5.91. The van der Waals surface area contributed by atoms with Crippen LogP contribution in [0.15, 0.2) is 23.4 Å². The van der Waals surface area contributed by atoms with Gasteiger partial charge in [0, 0.05) is 12.0 Å². The van der Waals surface area contributed by atoms with Crippen molar-refractivity contribution >= 4 is 17.7 Å². The SMILES string of the molecule is CC(Sc1nnnn1C1CC1)C(=O)NCC(C)(C)c1ccc2c(c1)OCO2. The smallest absolute Gasteiger partial charge is 0.233 e. The standard InChI is InChI=1S/C18H23N5O3S/c1-11(27-17-20-21-22-23(17)13-5-6-13)16(24)19-9-18(2,3)12-4-7-14-15(8-12)26-10-25-14/h4,7-8,11,13H,5-6,9-10H2,1-3H3,(H,19,24). The van der Waals surface area contributed by atoms with Crippen LogP contribution in [0.25, 0.3) is 0 Å². The van der Waals surface area contributed by atoms with Crippen LogP contribution in [-0.4, -0.2) is 44.7 Å². The highest BCUT2D eigenvalue weighted by molar-refractivity contribution is 8.00. The van der Waals surface area contributed by atoms with E-state index in [0.29, 0.717) is 17.7 Å². The molecule has 8 nitrogen and oxygen atoms in total. The van der Waals surface area contributed by atoms with Gasteiger partial charge >= 0.3 is 0 Å². The molecule has 1 N–H and O–H groups in total. The largest absolute Gasteiger partial charge is 0.454 e. The Balaban J connectivity index is 1.35. The second-order valence-corrected chi connectivity index (χ2v) is 8.87. The number of thioether (sulfide) groups is 1. The zero-order chi connectivity index (χ0) is 19.0. The lowest BCUT2D eigenvalue weighted by molar-refractivity contribution is -0.120. The van der Waals surface area contributed by atoms with Crippen LogP contribution in [0.4, 0.5) is 0 Å². The van der Waals surface area contributed by atoms with Crippen LogP contribution in [0.1, 0.15) is 45.2 Å². The number of nitrogens with zero attached hydrogens (tertiary/aromatic N) is 4. The fourth-order valence-corrected chi connectivity index (χ4v) is 3.78. The van der Waals surface area contributed by atoms with Gasteiger partial charge in [0.25, 0.3) is 0 Å². The van der Waals surface area contributed by atoms with E-state index in [4.69, 9.17) is 9.47 Å². The Labute approximate surface area is 162 Å². The van der Waals surface area contributed by atoms with E-state index < -0.39 is 0 Å². The summed E-state index contributed by atoms with van der Waals surface area (Å²) in [7, 11) is 0. The highest BCUT2D eigenvalue weighted by Crippen LogP contribution is 2.38. The summed E-state index contributed by atoms with van der Waals surface area (Å²) in [6.45, 7) is 6.83. The molecule has 2 heterocycles. The molecular formula is C18H23N5O3S. The summed E-state index contributed by atoms with van der Waals surface area (Å²) in [5.74, 6) is 1.49. The highest BCUT2D eigenvalue weighted by atomic mass is 32.2. The minimum Gasteiger partial charge on any atom is -0.454 e. The van der Waals surface area contributed by atoms with Gasteiger partial charge in [-0.15, -0.1) is 5.10 Å². The summed E-state index contributed by atoms with van der Waals surface area (Å²) in [5, 5.41) is 15.3. The Kier molecular flexibility index (Phi) is 4.71. The van der Waals surface area contributed by atoms with Crippen molar-refractivity contribution in [1.29, 1.82) is 0 Å². The van der Waals surface area contributed by atoms with Crippen LogP contribution >= 0.6 is 11.8 Å². The van der Waals surface area contributed by atoms with Crippen molar-refractivity contribution in [3.8, 4) is 11.5 Å². The number of ether oxygens (including phenoxy) is 2. The van der Waals surface area contributed by atoms with Crippen LogP contribution < -0.4 is 14.8 Å². The van der Waals surface area contributed by atoms with Gasteiger partial charge in [-0.25, -0.2) is 4.68 Å². The van der Waals surface area contributed by atoms with Gasteiger partial charge in [-0.3, -0.25) is 4.79 Å². The number of benzene rings is 1. The summed E-state index contributed by atoms with van der Waals surface area (Å²) in [6.07, 6.45) is 2.20. The lowest BCUT2D eigenvalue weighted by Gasteiger charge is -2.26. The van der Waals surface area contributed by atoms with E-state index in [2.05, 4.69) is 34.7 Å². The molecule has 2 aromatic rings. The Morgan fingerprint density at radius 2 is 2.15 bits per heavy atom. The maximum atomic E-state index is 12.6. The number of carbonyl (C=O) groups excluding carboxylic acids is 1. The Morgan fingerprint density at radius 1 is 1.37 bits per heavy atom. The van der Waals surface area contributed by atoms with Crippen molar-refractivity contribution in [3.63, 3.8) is 0 Å². The molecule has 0 saturated heterocycles. The number of tetrazole rings is 1. The van der Waals surface area contributed by atoms with Crippen molar-refractivity contribution < 1.29 is 14.3 Å². The summed E-state index contributed by atoms with van der Waals surface area (Å²) in [4.78, 5) is 12.6. The molecule has 0 bridgehead atoms. The maximum absolute atomic E-state index is 12.6. The summed E-state index contributed by atoms with van der Waals surface area (Å²) < 4.78 is 12.6. The second kappa shape index (κ2) is 7.03. The van der Waals surface area contributed by atoms with E-state index in [1.165, 1.54) is 11.8 Å². The molecule has 1 saturated carbocycles. The van der Waals surface area contributed by atoms with Gasteiger partial charge in [0.15, 0.2) is 11.5 Å². The summed E-state index contributed by atoms with van der Waals surface area (Å²) in [5.41, 5.74) is 0.849. The molecule has 1 atom stereocenters. The molecule has 1 amide bonds. The lowest BCUT2D eigenvalue weighted by atomic mass is 9.84. The van der Waals surface area contributed by atoms with E-state index in [1.54, 1.807) is 0 Å². The van der Waals surface area contributed by atoms with Crippen molar-refractivity contribution in [3.05, 3.63) is 23.8 Å². The lowest BCUT2D eigenvalue weighted by Crippen LogP contribution is -2.40. The van der Waals surface area contributed by atoms with Crippen LogP contribution in [0.3, 0.4) is 0 Å². The molecule has 0 radical (unpaired) electrons. The molecule has 1 unspecified atom stereocenters. The van der Waals surface area contributed by atoms with Gasteiger partial charge in [-0.2, -0.15) is 0 Å². The monoisotopic (exact) mass is 389 g/mol. The molecule has 0 spiro atoms. The third kappa shape index (κ3) is 3.87. The van der Waals surface area contributed by atoms with Crippen LogP contribution in [-0.2, 0) is 10.2 Å². The number of rotatable bonds is 7. The van der Waals surface area contributed by atoms with E-state index in [1.807, 2.05) is 29.8 Å². The number of carbonyl (C=O) groups is 1. The first-order valence-corrected chi connectivity index (χ1v) is 9.94. The number of hydrogen-bond donors (Lipinski definition) is 1. The Bertz CT molecular complexity index is 849. The first-order valence-electron chi connectivity index (χ1n) is 9.06. The van der Waals surface area contributed by atoms with E-state index in [0.717, 1.165) is 29.9 Å². The summed E-state index contributed by atoms with van der Waals surface area (Å²) >= 11 is 1.39. The van der Waals surface area contributed by atoms with Crippen molar-refractivity contribution in [2.75, 3.05) is 13.3 Å². The number of hydrogen-bond acceptors (Lipinski definition) is 7. The van der Waals surface area contributed by atoms with Gasteiger partial charge < -0.3 is 14.8 Å². The topological polar surface area (TPSA) is 91.2 Å². The molecule has 27 heavy (non-hydrogen) atoms. The van der Waals surface area contributed by atoms with E-state index in [9.17, 15) is 4.79 Å². The van der Waals surface area contributed by atoms with Crippen LogP contribution in [0.2, 0.25) is 0 Å². The average Bonchev–Trinajstić information content (AvgIpc) is 3.20. The van der Waals surface area contributed by atoms with Gasteiger partial charge in [-0.05, 0) is 47.9 Å².